The summed E-state index contributed by atoms with van der Waals surface area (Å²) in [4.78, 5) is 32.4. The van der Waals surface area contributed by atoms with Crippen molar-refractivity contribution in [3.63, 3.8) is 0 Å². The third-order valence-electron chi connectivity index (χ3n) is 6.85. The standard InChI is InChI=1S/C31H32F2N2O3/c1-2-9-24-16-17-35(20-29(36)23-12-7-4-8-13-23)21-30(24)38-31(37)26(22-10-5-3-6-11-22)19-34-28-18-25(32)14-15-27(28)33/h3-8,10-15,18-19,24,26,30H,2,9,16-17,20-21H2,1H3/t24?,26?,30-/m0/s1. The molecular weight excluding hydrogens is 486 g/mol. The minimum Gasteiger partial charge on any atom is -0.460 e. The van der Waals surface area contributed by atoms with E-state index in [1.54, 1.807) is 36.4 Å². The highest BCUT2D eigenvalue weighted by Crippen LogP contribution is 2.28. The number of halogens is 2. The van der Waals surface area contributed by atoms with Gasteiger partial charge in [0.25, 0.3) is 0 Å². The summed E-state index contributed by atoms with van der Waals surface area (Å²) in [5.41, 5.74) is 1.10. The first-order valence-electron chi connectivity index (χ1n) is 13.0. The molecule has 2 unspecified atom stereocenters. The van der Waals surface area contributed by atoms with E-state index in [9.17, 15) is 18.4 Å². The SMILES string of the molecule is CCCC1CCN(CC(=O)c2ccccc2)C[C@@H]1OC(=O)C(C=Nc1cc(F)ccc1F)c1ccccc1. The Labute approximate surface area is 222 Å². The van der Waals surface area contributed by atoms with Gasteiger partial charge in [-0.1, -0.05) is 74.0 Å². The van der Waals surface area contributed by atoms with Crippen LogP contribution in [0.5, 0.6) is 0 Å². The van der Waals surface area contributed by atoms with Crippen molar-refractivity contribution in [3.8, 4) is 0 Å². The fourth-order valence-corrected chi connectivity index (χ4v) is 4.83. The number of hydrogen-bond donors (Lipinski definition) is 0. The Hall–Kier alpha value is -3.71. The first kappa shape index (κ1) is 27.3. The van der Waals surface area contributed by atoms with Crippen LogP contribution in [0.15, 0.2) is 83.9 Å². The molecule has 0 aromatic heterocycles. The number of ether oxygens (including phenoxy) is 1. The van der Waals surface area contributed by atoms with Crippen LogP contribution in [0.25, 0.3) is 0 Å². The van der Waals surface area contributed by atoms with Crippen LogP contribution < -0.4 is 0 Å². The molecule has 1 saturated heterocycles. The van der Waals surface area contributed by atoms with Crippen LogP contribution in [-0.4, -0.2) is 48.6 Å². The van der Waals surface area contributed by atoms with Crippen molar-refractivity contribution in [1.82, 2.24) is 4.90 Å². The number of rotatable bonds is 10. The van der Waals surface area contributed by atoms with Gasteiger partial charge in [-0.25, -0.2) is 8.78 Å². The van der Waals surface area contributed by atoms with Gasteiger partial charge in [-0.05, 0) is 43.0 Å². The number of esters is 1. The fraction of sp³-hybridized carbons (Fsp3) is 0.323. The Kier molecular flexibility index (Phi) is 9.49. The van der Waals surface area contributed by atoms with Gasteiger partial charge in [0.2, 0.25) is 0 Å². The molecule has 1 fully saturated rings. The van der Waals surface area contributed by atoms with Crippen molar-refractivity contribution in [3.05, 3.63) is 102 Å². The number of carbonyl (C=O) groups is 2. The Bertz CT molecular complexity index is 1250. The fourth-order valence-electron chi connectivity index (χ4n) is 4.83. The van der Waals surface area contributed by atoms with Crippen molar-refractivity contribution in [2.24, 2.45) is 10.9 Å². The van der Waals surface area contributed by atoms with E-state index >= 15 is 0 Å². The second-order valence-electron chi connectivity index (χ2n) is 9.60. The summed E-state index contributed by atoms with van der Waals surface area (Å²) in [5.74, 6) is -2.53. The number of likely N-dealkylation sites (tertiary alicyclic amines) is 1. The third-order valence-corrected chi connectivity index (χ3v) is 6.85. The topological polar surface area (TPSA) is 59.0 Å². The third kappa shape index (κ3) is 7.19. The van der Waals surface area contributed by atoms with Gasteiger partial charge in [-0.15, -0.1) is 0 Å². The number of Topliss-reactive ketones (excluding diaryl/α,β-unsaturated/α-hetero) is 1. The Morgan fingerprint density at radius 1 is 1.05 bits per heavy atom. The molecule has 7 heteroatoms. The molecule has 3 aromatic rings. The average molecular weight is 519 g/mol. The number of nitrogens with zero attached hydrogens (tertiary/aromatic N) is 2. The summed E-state index contributed by atoms with van der Waals surface area (Å²) in [6.07, 6.45) is 3.57. The number of benzene rings is 3. The summed E-state index contributed by atoms with van der Waals surface area (Å²) >= 11 is 0. The molecule has 4 rings (SSSR count). The Morgan fingerprint density at radius 2 is 1.76 bits per heavy atom. The van der Waals surface area contributed by atoms with Crippen LogP contribution in [-0.2, 0) is 9.53 Å². The van der Waals surface area contributed by atoms with E-state index in [0.717, 1.165) is 44.0 Å². The van der Waals surface area contributed by atoms with Gasteiger partial charge >= 0.3 is 5.97 Å². The summed E-state index contributed by atoms with van der Waals surface area (Å²) in [5, 5.41) is 0. The predicted molar refractivity (Wildman–Crippen MR) is 144 cm³/mol. The molecule has 0 radical (unpaired) electrons. The predicted octanol–water partition coefficient (Wildman–Crippen LogP) is 6.37. The van der Waals surface area contributed by atoms with E-state index in [1.165, 1.54) is 6.21 Å². The second-order valence-corrected chi connectivity index (χ2v) is 9.60. The summed E-state index contributed by atoms with van der Waals surface area (Å²) in [6, 6.07) is 21.1. The van der Waals surface area contributed by atoms with Gasteiger partial charge in [0.1, 0.15) is 29.3 Å². The second kappa shape index (κ2) is 13.2. The van der Waals surface area contributed by atoms with Gasteiger partial charge in [0.05, 0.1) is 6.54 Å². The lowest BCUT2D eigenvalue weighted by molar-refractivity contribution is -0.155. The van der Waals surface area contributed by atoms with Gasteiger partial charge < -0.3 is 4.74 Å². The monoisotopic (exact) mass is 518 g/mol. The molecule has 1 aliphatic rings. The normalized spacial score (nSPS) is 18.8. The molecule has 5 nitrogen and oxygen atoms in total. The molecule has 3 atom stereocenters. The van der Waals surface area contributed by atoms with Crippen LogP contribution >= 0.6 is 0 Å². The molecule has 0 spiro atoms. The zero-order chi connectivity index (χ0) is 26.9. The zero-order valence-electron chi connectivity index (χ0n) is 21.4. The van der Waals surface area contributed by atoms with E-state index in [-0.39, 0.29) is 23.9 Å². The quantitative estimate of drug-likeness (QED) is 0.178. The summed E-state index contributed by atoms with van der Waals surface area (Å²) in [7, 11) is 0. The maximum atomic E-state index is 14.2. The summed E-state index contributed by atoms with van der Waals surface area (Å²) < 4.78 is 33.9. The first-order valence-corrected chi connectivity index (χ1v) is 13.0. The van der Waals surface area contributed by atoms with Crippen LogP contribution in [0.1, 0.15) is 48.0 Å². The molecule has 1 heterocycles. The molecule has 38 heavy (non-hydrogen) atoms. The maximum Gasteiger partial charge on any atom is 0.319 e. The van der Waals surface area contributed by atoms with Gasteiger partial charge in [-0.2, -0.15) is 0 Å². The molecule has 0 saturated carbocycles. The van der Waals surface area contributed by atoms with Crippen molar-refractivity contribution in [2.75, 3.05) is 19.6 Å². The number of carbonyl (C=O) groups excluding carboxylic acids is 2. The van der Waals surface area contributed by atoms with Crippen LogP contribution in [0.2, 0.25) is 0 Å². The Morgan fingerprint density at radius 3 is 2.47 bits per heavy atom. The molecule has 0 aliphatic carbocycles. The number of piperidine rings is 1. The van der Waals surface area contributed by atoms with Crippen molar-refractivity contribution < 1.29 is 23.1 Å². The lowest BCUT2D eigenvalue weighted by Crippen LogP contribution is -2.48. The molecule has 0 N–H and O–H groups in total. The first-order chi connectivity index (χ1) is 18.4. The molecule has 198 valence electrons. The Balaban J connectivity index is 1.52. The minimum absolute atomic E-state index is 0.0241. The molecule has 0 amide bonds. The van der Waals surface area contributed by atoms with Crippen molar-refractivity contribution in [1.29, 1.82) is 0 Å². The van der Waals surface area contributed by atoms with Gasteiger partial charge in [-0.3, -0.25) is 19.5 Å². The minimum atomic E-state index is -0.900. The molecule has 1 aliphatic heterocycles. The lowest BCUT2D eigenvalue weighted by atomic mass is 9.89. The van der Waals surface area contributed by atoms with Crippen LogP contribution in [0.3, 0.4) is 0 Å². The van der Waals surface area contributed by atoms with Crippen LogP contribution in [0, 0.1) is 17.6 Å². The molecule has 0 bridgehead atoms. The zero-order valence-corrected chi connectivity index (χ0v) is 21.4. The van der Waals surface area contributed by atoms with Crippen LogP contribution in [0.4, 0.5) is 14.5 Å². The number of ketones is 1. The number of hydrogen-bond acceptors (Lipinski definition) is 5. The van der Waals surface area contributed by atoms with Crippen molar-refractivity contribution in [2.45, 2.75) is 38.2 Å². The van der Waals surface area contributed by atoms with E-state index in [2.05, 4.69) is 11.9 Å². The highest BCUT2D eigenvalue weighted by Gasteiger charge is 2.34. The number of aliphatic imine (C=N–C) groups is 1. The van der Waals surface area contributed by atoms with E-state index < -0.39 is 29.6 Å². The smallest absolute Gasteiger partial charge is 0.319 e. The maximum absolute atomic E-state index is 14.2. The summed E-state index contributed by atoms with van der Waals surface area (Å²) in [6.45, 7) is 3.54. The average Bonchev–Trinajstić information content (AvgIpc) is 2.93. The van der Waals surface area contributed by atoms with Crippen molar-refractivity contribution >= 4 is 23.7 Å². The molecule has 3 aromatic carbocycles. The largest absolute Gasteiger partial charge is 0.460 e. The van der Waals surface area contributed by atoms with Gasteiger partial charge in [0.15, 0.2) is 5.78 Å². The van der Waals surface area contributed by atoms with E-state index in [4.69, 9.17) is 4.74 Å². The van der Waals surface area contributed by atoms with E-state index in [1.807, 2.05) is 29.2 Å². The van der Waals surface area contributed by atoms with Gasteiger partial charge in [0, 0.05) is 24.4 Å². The molecular formula is C31H32F2N2O3. The highest BCUT2D eigenvalue weighted by atomic mass is 19.1. The van der Waals surface area contributed by atoms with E-state index in [0.29, 0.717) is 17.7 Å². The highest BCUT2D eigenvalue weighted by molar-refractivity contribution is 5.98. The lowest BCUT2D eigenvalue weighted by Gasteiger charge is -2.38.